The minimum atomic E-state index is -0.0103. The molecule has 0 spiro atoms. The summed E-state index contributed by atoms with van der Waals surface area (Å²) in [6, 6.07) is -0.0103. The smallest absolute Gasteiger partial charge is 0.229 e. The van der Waals surface area contributed by atoms with Crippen molar-refractivity contribution in [3.8, 4) is 0 Å². The molecule has 5 rings (SSSR count). The van der Waals surface area contributed by atoms with Crippen molar-refractivity contribution in [3.05, 3.63) is 29.7 Å². The van der Waals surface area contributed by atoms with Gasteiger partial charge in [-0.1, -0.05) is 5.16 Å². The summed E-state index contributed by atoms with van der Waals surface area (Å²) in [6.45, 7) is 0.799. The number of nitrogens with zero attached hydrogens (tertiary/aromatic N) is 5. The average molecular weight is 327 g/mol. The van der Waals surface area contributed by atoms with E-state index in [9.17, 15) is 4.79 Å². The molecule has 3 aliphatic rings. The van der Waals surface area contributed by atoms with Crippen molar-refractivity contribution in [1.29, 1.82) is 0 Å². The van der Waals surface area contributed by atoms with Gasteiger partial charge in [0.15, 0.2) is 5.82 Å². The molecule has 7 nitrogen and oxygen atoms in total. The third-order valence-corrected chi connectivity index (χ3v) is 5.48. The Morgan fingerprint density at radius 3 is 2.96 bits per heavy atom. The molecular weight excluding hydrogens is 306 g/mol. The van der Waals surface area contributed by atoms with Crippen LogP contribution in [-0.2, 0) is 11.8 Å². The van der Waals surface area contributed by atoms with E-state index in [1.54, 1.807) is 4.68 Å². The highest BCUT2D eigenvalue weighted by molar-refractivity contribution is 5.83. The highest BCUT2D eigenvalue weighted by Crippen LogP contribution is 2.50. The van der Waals surface area contributed by atoms with Crippen molar-refractivity contribution in [2.75, 3.05) is 6.54 Å². The average Bonchev–Trinajstić information content (AvgIpc) is 3.42. The molecule has 0 radical (unpaired) electrons. The van der Waals surface area contributed by atoms with Crippen LogP contribution in [0.1, 0.15) is 67.3 Å². The molecule has 1 saturated heterocycles. The van der Waals surface area contributed by atoms with Crippen molar-refractivity contribution in [3.63, 3.8) is 0 Å². The van der Waals surface area contributed by atoms with E-state index in [0.717, 1.165) is 44.5 Å². The quantitative estimate of drug-likeness (QED) is 0.860. The van der Waals surface area contributed by atoms with E-state index in [1.807, 2.05) is 24.3 Å². The van der Waals surface area contributed by atoms with Crippen LogP contribution in [0.25, 0.3) is 0 Å². The summed E-state index contributed by atoms with van der Waals surface area (Å²) in [5, 5.41) is 8.38. The summed E-state index contributed by atoms with van der Waals surface area (Å²) in [7, 11) is 1.91. The number of hydrogen-bond donors (Lipinski definition) is 0. The minimum Gasteiger partial charge on any atom is -0.339 e. The molecule has 0 bridgehead atoms. The molecule has 0 N–H and O–H groups in total. The van der Waals surface area contributed by atoms with Gasteiger partial charge < -0.3 is 9.42 Å². The fourth-order valence-corrected chi connectivity index (χ4v) is 3.86. The van der Waals surface area contributed by atoms with Crippen molar-refractivity contribution < 1.29 is 9.32 Å². The second-order valence-electron chi connectivity index (χ2n) is 7.35. The Morgan fingerprint density at radius 2 is 2.21 bits per heavy atom. The van der Waals surface area contributed by atoms with Gasteiger partial charge in [-0.3, -0.25) is 9.48 Å². The molecular formula is C17H21N5O2. The lowest BCUT2D eigenvalue weighted by Crippen LogP contribution is -2.32. The van der Waals surface area contributed by atoms with Gasteiger partial charge in [0.1, 0.15) is 0 Å². The van der Waals surface area contributed by atoms with Crippen LogP contribution in [0, 0.1) is 5.92 Å². The van der Waals surface area contributed by atoms with E-state index in [-0.39, 0.29) is 17.9 Å². The third kappa shape index (κ3) is 2.34. The highest BCUT2D eigenvalue weighted by Gasteiger charge is 2.49. The molecule has 2 aromatic heterocycles. The van der Waals surface area contributed by atoms with Crippen molar-refractivity contribution in [1.82, 2.24) is 24.8 Å². The van der Waals surface area contributed by atoms with E-state index < -0.39 is 0 Å². The zero-order chi connectivity index (χ0) is 16.3. The van der Waals surface area contributed by atoms with E-state index in [4.69, 9.17) is 4.52 Å². The zero-order valence-corrected chi connectivity index (χ0v) is 13.8. The first-order valence-corrected chi connectivity index (χ1v) is 8.83. The first-order valence-electron chi connectivity index (χ1n) is 8.83. The third-order valence-electron chi connectivity index (χ3n) is 5.48. The van der Waals surface area contributed by atoms with Gasteiger partial charge in [-0.2, -0.15) is 10.1 Å². The molecule has 0 unspecified atom stereocenters. The molecule has 2 aromatic rings. The summed E-state index contributed by atoms with van der Waals surface area (Å²) in [5.74, 6) is 2.55. The van der Waals surface area contributed by atoms with Crippen LogP contribution in [0.15, 0.2) is 16.9 Å². The lowest BCUT2D eigenvalue weighted by atomic mass is 10.1. The van der Waals surface area contributed by atoms with E-state index in [1.165, 1.54) is 5.56 Å². The van der Waals surface area contributed by atoms with Crippen LogP contribution in [0.5, 0.6) is 0 Å². The second kappa shape index (κ2) is 5.16. The molecule has 2 aliphatic carbocycles. The molecule has 1 amide bonds. The fraction of sp³-hybridized carbons (Fsp3) is 0.647. The van der Waals surface area contributed by atoms with E-state index in [2.05, 4.69) is 15.2 Å². The Balaban J connectivity index is 1.31. The summed E-state index contributed by atoms with van der Waals surface area (Å²) >= 11 is 0. The Kier molecular flexibility index (Phi) is 3.05. The Hall–Kier alpha value is -2.18. The van der Waals surface area contributed by atoms with Crippen LogP contribution < -0.4 is 0 Å². The van der Waals surface area contributed by atoms with Gasteiger partial charge in [0.25, 0.3) is 0 Å². The molecule has 2 saturated carbocycles. The molecule has 24 heavy (non-hydrogen) atoms. The zero-order valence-electron chi connectivity index (χ0n) is 13.8. The number of aromatic nitrogens is 4. The van der Waals surface area contributed by atoms with E-state index in [0.29, 0.717) is 17.7 Å². The van der Waals surface area contributed by atoms with Crippen LogP contribution >= 0.6 is 0 Å². The van der Waals surface area contributed by atoms with Gasteiger partial charge in [-0.05, 0) is 43.6 Å². The Labute approximate surface area is 140 Å². The molecule has 3 heterocycles. The first kappa shape index (κ1) is 14.2. The van der Waals surface area contributed by atoms with Crippen molar-refractivity contribution in [2.45, 2.75) is 50.0 Å². The number of amides is 1. The summed E-state index contributed by atoms with van der Waals surface area (Å²) in [5.41, 5.74) is 1.17. The summed E-state index contributed by atoms with van der Waals surface area (Å²) in [6.07, 6.45) is 9.04. The number of carbonyl (C=O) groups excluding carboxylic acids is 1. The van der Waals surface area contributed by atoms with Gasteiger partial charge in [-0.25, -0.2) is 0 Å². The predicted molar refractivity (Wildman–Crippen MR) is 84.0 cm³/mol. The first-order chi connectivity index (χ1) is 11.7. The van der Waals surface area contributed by atoms with Crippen LogP contribution in [0.4, 0.5) is 0 Å². The van der Waals surface area contributed by atoms with Crippen molar-refractivity contribution in [2.24, 2.45) is 13.0 Å². The largest absolute Gasteiger partial charge is 0.339 e. The standard InChI is InChI=1S/C17H21N5O2/c1-21-9-11(8-18-21)12-7-13(12)17(23)22-6-2-3-14(22)15-19-16(24-20-15)10-4-5-10/h8-10,12-14H,2-7H2,1H3/t12-,13-,14+/m0/s1. The van der Waals surface area contributed by atoms with Gasteiger partial charge in [0.2, 0.25) is 11.8 Å². The van der Waals surface area contributed by atoms with Crippen LogP contribution in [0.3, 0.4) is 0 Å². The number of aryl methyl sites for hydroxylation is 1. The SMILES string of the molecule is Cn1cc([C@@H]2C[C@@H]2C(=O)N2CCC[C@@H]2c2noc(C3CC3)n2)cn1. The molecule has 126 valence electrons. The molecule has 1 aliphatic heterocycles. The fourth-order valence-electron chi connectivity index (χ4n) is 3.86. The lowest BCUT2D eigenvalue weighted by molar-refractivity contribution is -0.133. The van der Waals surface area contributed by atoms with Crippen LogP contribution in [-0.4, -0.2) is 37.3 Å². The molecule has 3 fully saturated rings. The lowest BCUT2D eigenvalue weighted by Gasteiger charge is -2.22. The molecule has 3 atom stereocenters. The molecule has 0 aromatic carbocycles. The maximum Gasteiger partial charge on any atom is 0.229 e. The number of hydrogen-bond acceptors (Lipinski definition) is 5. The van der Waals surface area contributed by atoms with Crippen molar-refractivity contribution >= 4 is 5.91 Å². The maximum atomic E-state index is 12.9. The second-order valence-corrected chi connectivity index (χ2v) is 7.35. The Bertz CT molecular complexity index is 778. The predicted octanol–water partition coefficient (Wildman–Crippen LogP) is 2.15. The van der Waals surface area contributed by atoms with E-state index >= 15 is 0 Å². The van der Waals surface area contributed by atoms with Gasteiger partial charge in [0, 0.05) is 31.6 Å². The van der Waals surface area contributed by atoms with Gasteiger partial charge in [-0.15, -0.1) is 0 Å². The summed E-state index contributed by atoms with van der Waals surface area (Å²) < 4.78 is 7.19. The van der Waals surface area contributed by atoms with Gasteiger partial charge in [0.05, 0.1) is 12.2 Å². The number of carbonyl (C=O) groups is 1. The number of likely N-dealkylation sites (tertiary alicyclic amines) is 1. The Morgan fingerprint density at radius 1 is 1.33 bits per heavy atom. The summed E-state index contributed by atoms with van der Waals surface area (Å²) in [4.78, 5) is 19.5. The number of rotatable bonds is 4. The normalized spacial score (nSPS) is 29.2. The highest BCUT2D eigenvalue weighted by atomic mass is 16.5. The monoisotopic (exact) mass is 327 g/mol. The van der Waals surface area contributed by atoms with Crippen LogP contribution in [0.2, 0.25) is 0 Å². The topological polar surface area (TPSA) is 77.0 Å². The minimum absolute atomic E-state index is 0.0103. The maximum absolute atomic E-state index is 12.9. The molecule has 7 heteroatoms. The van der Waals surface area contributed by atoms with Gasteiger partial charge >= 0.3 is 0 Å².